The number of benzene rings is 2. The second-order valence-electron chi connectivity index (χ2n) is 7.09. The number of nitrogens with zero attached hydrogens (tertiary/aromatic N) is 2. The molecule has 31 heavy (non-hydrogen) atoms. The summed E-state index contributed by atoms with van der Waals surface area (Å²) in [6, 6.07) is 11.6. The van der Waals surface area contributed by atoms with Crippen molar-refractivity contribution in [2.75, 3.05) is 13.2 Å². The number of ether oxygens (including phenoxy) is 2. The fraction of sp³-hybridized carbons (Fsp3) is 0.174. The van der Waals surface area contributed by atoms with Gasteiger partial charge in [-0.25, -0.2) is 0 Å². The van der Waals surface area contributed by atoms with Gasteiger partial charge in [0.1, 0.15) is 30.5 Å². The van der Waals surface area contributed by atoms with Crippen molar-refractivity contribution in [3.05, 3.63) is 74.7 Å². The number of carbonyl (C=O) groups is 1. The van der Waals surface area contributed by atoms with Crippen molar-refractivity contribution in [3.8, 4) is 11.5 Å². The number of fused-ring (bicyclic) bond motifs is 1. The molecule has 0 unspecified atom stereocenters. The maximum atomic E-state index is 12.3. The van der Waals surface area contributed by atoms with E-state index < -0.39 is 5.91 Å². The first-order valence-corrected chi connectivity index (χ1v) is 11.3. The Morgan fingerprint density at radius 2 is 1.87 bits per heavy atom. The van der Waals surface area contributed by atoms with Gasteiger partial charge in [-0.2, -0.15) is 4.99 Å². The Morgan fingerprint density at radius 1 is 1.13 bits per heavy atom. The Kier molecular flexibility index (Phi) is 6.29. The summed E-state index contributed by atoms with van der Waals surface area (Å²) < 4.78 is 12.3. The van der Waals surface area contributed by atoms with Crippen molar-refractivity contribution in [1.82, 2.24) is 4.90 Å². The number of aryl methyl sites for hydroxylation is 2. The van der Waals surface area contributed by atoms with Crippen LogP contribution in [0.15, 0.2) is 63.0 Å². The molecule has 0 saturated carbocycles. The molecule has 0 aliphatic carbocycles. The number of halogens is 1. The number of hydrogen-bond acceptors (Lipinski definition) is 5. The highest BCUT2D eigenvalue weighted by Gasteiger charge is 2.31. The predicted octanol–water partition coefficient (Wildman–Crippen LogP) is 5.30. The lowest BCUT2D eigenvalue weighted by Crippen LogP contribution is -2.35. The Hall–Kier alpha value is -2.84. The third kappa shape index (κ3) is 4.91. The Bertz CT molecular complexity index is 1140. The molecule has 2 aliphatic rings. The molecule has 0 bridgehead atoms. The number of amidine groups is 2. The van der Waals surface area contributed by atoms with Crippen LogP contribution >= 0.6 is 27.7 Å². The molecule has 0 atom stereocenters. The SMILES string of the molecule is Cc1cc(C)cc(OCCOc2ccc(/C=C3/C(=N)N4C=CSC4=NC3=O)cc2Br)c1. The maximum absolute atomic E-state index is 12.3. The quantitative estimate of drug-likeness (QED) is 0.432. The average molecular weight is 498 g/mol. The van der Waals surface area contributed by atoms with E-state index in [2.05, 4.69) is 27.0 Å². The van der Waals surface area contributed by atoms with Gasteiger partial charge in [-0.3, -0.25) is 15.1 Å². The van der Waals surface area contributed by atoms with Crippen LogP contribution in [0.1, 0.15) is 16.7 Å². The Balaban J connectivity index is 1.39. The van der Waals surface area contributed by atoms with E-state index in [0.717, 1.165) is 26.9 Å². The third-order valence-electron chi connectivity index (χ3n) is 4.58. The second kappa shape index (κ2) is 9.11. The van der Waals surface area contributed by atoms with Crippen LogP contribution < -0.4 is 9.47 Å². The van der Waals surface area contributed by atoms with Crippen LogP contribution in [0.4, 0.5) is 0 Å². The van der Waals surface area contributed by atoms with Crippen LogP contribution in [0.3, 0.4) is 0 Å². The van der Waals surface area contributed by atoms with Gasteiger partial charge in [-0.15, -0.1) is 0 Å². The zero-order valence-corrected chi connectivity index (χ0v) is 19.4. The summed E-state index contributed by atoms with van der Waals surface area (Å²) in [5, 5.41) is 10.6. The van der Waals surface area contributed by atoms with E-state index in [4.69, 9.17) is 14.9 Å². The molecule has 6 nitrogen and oxygen atoms in total. The van der Waals surface area contributed by atoms with Crippen LogP contribution in [-0.4, -0.2) is 35.0 Å². The minimum Gasteiger partial charge on any atom is -0.490 e. The number of aliphatic imine (C=N–C) groups is 1. The number of amides is 1. The number of carbonyl (C=O) groups excluding carboxylic acids is 1. The van der Waals surface area contributed by atoms with Crippen molar-refractivity contribution in [1.29, 1.82) is 5.41 Å². The first-order chi connectivity index (χ1) is 14.9. The monoisotopic (exact) mass is 497 g/mol. The van der Waals surface area contributed by atoms with Crippen LogP contribution in [0.25, 0.3) is 6.08 Å². The summed E-state index contributed by atoms with van der Waals surface area (Å²) in [5.74, 6) is 1.22. The summed E-state index contributed by atoms with van der Waals surface area (Å²) in [4.78, 5) is 18.0. The second-order valence-corrected chi connectivity index (χ2v) is 8.82. The van der Waals surface area contributed by atoms with Gasteiger partial charge in [0.05, 0.1) is 10.0 Å². The van der Waals surface area contributed by atoms with Crippen LogP contribution in [0.5, 0.6) is 11.5 Å². The topological polar surface area (TPSA) is 75.0 Å². The van der Waals surface area contributed by atoms with Crippen LogP contribution in [-0.2, 0) is 4.79 Å². The molecule has 0 fully saturated rings. The van der Waals surface area contributed by atoms with Crippen LogP contribution in [0.2, 0.25) is 0 Å². The van der Waals surface area contributed by atoms with E-state index in [1.807, 2.05) is 44.2 Å². The van der Waals surface area contributed by atoms with Gasteiger partial charge in [0, 0.05) is 6.20 Å². The van der Waals surface area contributed by atoms with E-state index in [1.54, 1.807) is 22.6 Å². The molecule has 158 valence electrons. The molecule has 2 aromatic rings. The maximum Gasteiger partial charge on any atom is 0.283 e. The highest BCUT2D eigenvalue weighted by atomic mass is 79.9. The van der Waals surface area contributed by atoms with Gasteiger partial charge in [0.15, 0.2) is 5.17 Å². The molecule has 1 amide bonds. The molecule has 0 radical (unpaired) electrons. The minimum absolute atomic E-state index is 0.122. The fourth-order valence-corrected chi connectivity index (χ4v) is 4.47. The van der Waals surface area contributed by atoms with E-state index in [9.17, 15) is 4.79 Å². The van der Waals surface area contributed by atoms with Gasteiger partial charge in [0.25, 0.3) is 5.91 Å². The number of rotatable bonds is 6. The molecular weight excluding hydrogens is 478 g/mol. The van der Waals surface area contributed by atoms with Crippen molar-refractivity contribution >= 4 is 50.7 Å². The van der Waals surface area contributed by atoms with E-state index in [-0.39, 0.29) is 11.4 Å². The highest BCUT2D eigenvalue weighted by molar-refractivity contribution is 9.10. The highest BCUT2D eigenvalue weighted by Crippen LogP contribution is 2.30. The molecule has 1 N–H and O–H groups in total. The molecular formula is C23H20BrN3O3S. The fourth-order valence-electron chi connectivity index (χ4n) is 3.25. The van der Waals surface area contributed by atoms with E-state index in [0.29, 0.717) is 24.1 Å². The summed E-state index contributed by atoms with van der Waals surface area (Å²) in [7, 11) is 0. The molecule has 8 heteroatoms. The van der Waals surface area contributed by atoms with Gasteiger partial charge >= 0.3 is 0 Å². The summed E-state index contributed by atoms with van der Waals surface area (Å²) >= 11 is 4.85. The van der Waals surface area contributed by atoms with Gasteiger partial charge in [-0.1, -0.05) is 23.9 Å². The van der Waals surface area contributed by atoms with Gasteiger partial charge in [0.2, 0.25) is 0 Å². The zero-order chi connectivity index (χ0) is 22.0. The van der Waals surface area contributed by atoms with Gasteiger partial charge in [-0.05, 0) is 82.2 Å². The Labute approximate surface area is 193 Å². The lowest BCUT2D eigenvalue weighted by atomic mass is 10.1. The molecule has 0 spiro atoms. The van der Waals surface area contributed by atoms with Crippen molar-refractivity contribution in [3.63, 3.8) is 0 Å². The summed E-state index contributed by atoms with van der Waals surface area (Å²) in [6.07, 6.45) is 3.40. The van der Waals surface area contributed by atoms with Crippen molar-refractivity contribution < 1.29 is 14.3 Å². The standard InChI is InChI=1S/C23H20BrN3O3S/c1-14-9-15(2)11-17(10-14)29-6-7-30-20-4-3-16(13-19(20)24)12-18-21(25)27-5-8-31-23(27)26-22(18)28/h3-5,8-13,25H,6-7H2,1-2H3/b18-12-,25-21?. The third-order valence-corrected chi connectivity index (χ3v) is 5.96. The molecule has 0 aromatic heterocycles. The van der Waals surface area contributed by atoms with Crippen molar-refractivity contribution in [2.24, 2.45) is 4.99 Å². The summed E-state index contributed by atoms with van der Waals surface area (Å²) in [6.45, 7) is 4.90. The number of nitrogens with one attached hydrogen (secondary N) is 1. The zero-order valence-electron chi connectivity index (χ0n) is 17.0. The average Bonchev–Trinajstić information content (AvgIpc) is 3.17. The number of hydrogen-bond donors (Lipinski definition) is 1. The molecule has 2 aromatic carbocycles. The number of thioether (sulfide) groups is 1. The molecule has 0 saturated heterocycles. The lowest BCUT2D eigenvalue weighted by Gasteiger charge is -2.22. The van der Waals surface area contributed by atoms with Crippen molar-refractivity contribution in [2.45, 2.75) is 13.8 Å². The normalized spacial score (nSPS) is 16.5. The van der Waals surface area contributed by atoms with E-state index in [1.165, 1.54) is 11.8 Å². The first-order valence-electron chi connectivity index (χ1n) is 9.60. The Morgan fingerprint density at radius 3 is 2.61 bits per heavy atom. The smallest absolute Gasteiger partial charge is 0.283 e. The van der Waals surface area contributed by atoms with Crippen LogP contribution in [0, 0.1) is 19.3 Å². The first kappa shape index (κ1) is 21.4. The molecule has 2 aliphatic heterocycles. The van der Waals surface area contributed by atoms with Gasteiger partial charge < -0.3 is 9.47 Å². The van der Waals surface area contributed by atoms with E-state index >= 15 is 0 Å². The lowest BCUT2D eigenvalue weighted by molar-refractivity contribution is -0.114. The minimum atomic E-state index is -0.410. The predicted molar refractivity (Wildman–Crippen MR) is 128 cm³/mol. The molecule has 2 heterocycles. The summed E-state index contributed by atoms with van der Waals surface area (Å²) in [5.41, 5.74) is 3.34. The molecule has 4 rings (SSSR count). The largest absolute Gasteiger partial charge is 0.490 e.